The van der Waals surface area contributed by atoms with E-state index in [0.717, 1.165) is 36.4 Å². The Bertz CT molecular complexity index is 730. The highest BCUT2D eigenvalue weighted by Crippen LogP contribution is 2.27. The molecule has 0 bridgehead atoms. The molecule has 1 aliphatic rings. The van der Waals surface area contributed by atoms with Gasteiger partial charge in [0.05, 0.1) is 18.7 Å². The molecule has 6 heteroatoms. The van der Waals surface area contributed by atoms with Gasteiger partial charge in [0.15, 0.2) is 0 Å². The van der Waals surface area contributed by atoms with E-state index in [1.165, 1.54) is 0 Å². The van der Waals surface area contributed by atoms with E-state index in [-0.39, 0.29) is 11.8 Å². The van der Waals surface area contributed by atoms with E-state index in [2.05, 4.69) is 10.2 Å². The van der Waals surface area contributed by atoms with Gasteiger partial charge in [0.25, 0.3) is 0 Å². The van der Waals surface area contributed by atoms with Crippen molar-refractivity contribution in [3.63, 3.8) is 0 Å². The number of aromatic carboxylic acids is 1. The molecule has 5 nitrogen and oxygen atoms in total. The molecule has 0 saturated carbocycles. The molecule has 2 heterocycles. The first kappa shape index (κ1) is 17.6. The number of likely N-dealkylation sites (tertiary alicyclic amines) is 1. The Morgan fingerprint density at radius 3 is 2.92 bits per heavy atom. The highest BCUT2D eigenvalue weighted by Gasteiger charge is 2.23. The second kappa shape index (κ2) is 8.27. The van der Waals surface area contributed by atoms with Gasteiger partial charge in [0, 0.05) is 11.4 Å². The number of nitrogens with zero attached hydrogens (tertiary/aromatic N) is 1. The average molecular weight is 358 g/mol. The summed E-state index contributed by atoms with van der Waals surface area (Å²) in [5, 5.41) is 14.1. The van der Waals surface area contributed by atoms with Crippen LogP contribution in [0, 0.1) is 0 Å². The van der Waals surface area contributed by atoms with Crippen LogP contribution in [-0.2, 0) is 11.3 Å². The lowest BCUT2D eigenvalue weighted by atomic mass is 9.89. The van der Waals surface area contributed by atoms with E-state index >= 15 is 0 Å². The standard InChI is InChI=1S/C19H22N2O3S/c22-18(20-11-17-7-3-9-25-17)13-21-8-2-6-16(12-21)14-4-1-5-15(10-14)19(23)24/h1,3-5,7,9-10,16H,2,6,8,11-13H2,(H,20,22)(H,23,24)/t16-/m1/s1. The molecule has 2 aromatic rings. The summed E-state index contributed by atoms with van der Waals surface area (Å²) in [5.41, 5.74) is 1.37. The monoisotopic (exact) mass is 358 g/mol. The number of carbonyl (C=O) groups excluding carboxylic acids is 1. The molecule has 1 saturated heterocycles. The van der Waals surface area contributed by atoms with Crippen molar-refractivity contribution in [2.75, 3.05) is 19.6 Å². The van der Waals surface area contributed by atoms with Gasteiger partial charge in [0.2, 0.25) is 5.91 Å². The van der Waals surface area contributed by atoms with Gasteiger partial charge in [-0.05, 0) is 54.4 Å². The normalized spacial score (nSPS) is 18.0. The van der Waals surface area contributed by atoms with Crippen LogP contribution in [0.15, 0.2) is 41.8 Å². The van der Waals surface area contributed by atoms with Crippen molar-refractivity contribution in [3.8, 4) is 0 Å². The van der Waals surface area contributed by atoms with E-state index in [1.54, 1.807) is 29.5 Å². The summed E-state index contributed by atoms with van der Waals surface area (Å²) in [5.74, 6) is -0.589. The Balaban J connectivity index is 1.54. The SMILES string of the molecule is O=C(CN1CCC[C@@H](c2cccc(C(=O)O)c2)C1)NCc1cccs1. The first-order valence-electron chi connectivity index (χ1n) is 8.46. The van der Waals surface area contributed by atoms with E-state index in [9.17, 15) is 9.59 Å². The summed E-state index contributed by atoms with van der Waals surface area (Å²) in [4.78, 5) is 26.6. The average Bonchev–Trinajstić information content (AvgIpc) is 3.14. The van der Waals surface area contributed by atoms with Gasteiger partial charge in [-0.25, -0.2) is 4.79 Å². The lowest BCUT2D eigenvalue weighted by Gasteiger charge is -2.32. The minimum atomic E-state index is -0.900. The quantitative estimate of drug-likeness (QED) is 0.833. The maximum Gasteiger partial charge on any atom is 0.335 e. The largest absolute Gasteiger partial charge is 0.478 e. The zero-order valence-corrected chi connectivity index (χ0v) is 14.8. The van der Waals surface area contributed by atoms with E-state index in [0.29, 0.717) is 18.7 Å². The smallest absolute Gasteiger partial charge is 0.335 e. The van der Waals surface area contributed by atoms with Gasteiger partial charge in [0.1, 0.15) is 0 Å². The van der Waals surface area contributed by atoms with E-state index in [4.69, 9.17) is 5.11 Å². The lowest BCUT2D eigenvalue weighted by molar-refractivity contribution is -0.122. The Hall–Kier alpha value is -2.18. The molecule has 1 aromatic carbocycles. The fraction of sp³-hybridized carbons (Fsp3) is 0.368. The fourth-order valence-electron chi connectivity index (χ4n) is 3.25. The molecule has 3 rings (SSSR count). The topological polar surface area (TPSA) is 69.6 Å². The molecule has 0 aliphatic carbocycles. The third-order valence-corrected chi connectivity index (χ3v) is 5.39. The molecule has 1 fully saturated rings. The van der Waals surface area contributed by atoms with Crippen LogP contribution in [0.1, 0.15) is 39.6 Å². The number of carbonyl (C=O) groups is 2. The summed E-state index contributed by atoms with van der Waals surface area (Å²) in [6.07, 6.45) is 2.04. The lowest BCUT2D eigenvalue weighted by Crippen LogP contribution is -2.41. The minimum Gasteiger partial charge on any atom is -0.478 e. The Kier molecular flexibility index (Phi) is 5.83. The Labute approximate surface area is 151 Å². The van der Waals surface area contributed by atoms with Crippen molar-refractivity contribution in [3.05, 3.63) is 57.8 Å². The molecule has 0 unspecified atom stereocenters. The first-order valence-corrected chi connectivity index (χ1v) is 9.34. The van der Waals surface area contributed by atoms with E-state index in [1.807, 2.05) is 23.6 Å². The van der Waals surface area contributed by atoms with Gasteiger partial charge in [-0.1, -0.05) is 18.2 Å². The maximum atomic E-state index is 12.2. The zero-order valence-electron chi connectivity index (χ0n) is 14.0. The second-order valence-corrected chi connectivity index (χ2v) is 7.39. The summed E-state index contributed by atoms with van der Waals surface area (Å²) in [7, 11) is 0. The van der Waals surface area contributed by atoms with Gasteiger partial charge >= 0.3 is 5.97 Å². The number of benzene rings is 1. The number of nitrogens with one attached hydrogen (secondary N) is 1. The number of hydrogen-bond acceptors (Lipinski definition) is 4. The number of thiophene rings is 1. The number of carboxylic acids is 1. The molecule has 1 aliphatic heterocycles. The molecule has 132 valence electrons. The number of carboxylic acid groups (broad SMARTS) is 1. The van der Waals surface area contributed by atoms with Gasteiger partial charge < -0.3 is 10.4 Å². The van der Waals surface area contributed by atoms with Gasteiger partial charge in [-0.15, -0.1) is 11.3 Å². The minimum absolute atomic E-state index is 0.0355. The predicted molar refractivity (Wildman–Crippen MR) is 98.0 cm³/mol. The van der Waals surface area contributed by atoms with Crippen LogP contribution in [0.4, 0.5) is 0 Å². The number of piperidine rings is 1. The Morgan fingerprint density at radius 2 is 2.16 bits per heavy atom. The maximum absolute atomic E-state index is 12.2. The molecule has 1 atom stereocenters. The highest BCUT2D eigenvalue weighted by atomic mass is 32.1. The Morgan fingerprint density at radius 1 is 1.28 bits per heavy atom. The predicted octanol–water partition coefficient (Wildman–Crippen LogP) is 2.94. The summed E-state index contributed by atoms with van der Waals surface area (Å²) < 4.78 is 0. The molecule has 0 radical (unpaired) electrons. The van der Waals surface area contributed by atoms with Crippen LogP contribution in [0.25, 0.3) is 0 Å². The molecule has 0 spiro atoms. The van der Waals surface area contributed by atoms with Crippen molar-refractivity contribution >= 4 is 23.2 Å². The summed E-state index contributed by atoms with van der Waals surface area (Å²) >= 11 is 1.64. The van der Waals surface area contributed by atoms with E-state index < -0.39 is 5.97 Å². The molecular weight excluding hydrogens is 336 g/mol. The van der Waals surface area contributed by atoms with Crippen LogP contribution in [0.3, 0.4) is 0 Å². The third kappa shape index (κ3) is 4.90. The molecular formula is C19H22N2O3S. The number of hydrogen-bond donors (Lipinski definition) is 2. The summed E-state index contributed by atoms with van der Waals surface area (Å²) in [6.45, 7) is 2.66. The van der Waals surface area contributed by atoms with Crippen LogP contribution in [0.5, 0.6) is 0 Å². The third-order valence-electron chi connectivity index (χ3n) is 4.52. The van der Waals surface area contributed by atoms with Crippen LogP contribution >= 0.6 is 11.3 Å². The first-order chi connectivity index (χ1) is 12.1. The fourth-order valence-corrected chi connectivity index (χ4v) is 3.90. The van der Waals surface area contributed by atoms with Crippen LogP contribution < -0.4 is 5.32 Å². The highest BCUT2D eigenvalue weighted by molar-refractivity contribution is 7.09. The molecule has 2 N–H and O–H groups in total. The second-order valence-electron chi connectivity index (χ2n) is 6.36. The van der Waals surface area contributed by atoms with Crippen molar-refractivity contribution in [1.29, 1.82) is 0 Å². The van der Waals surface area contributed by atoms with Crippen molar-refractivity contribution in [1.82, 2.24) is 10.2 Å². The van der Waals surface area contributed by atoms with Crippen molar-refractivity contribution < 1.29 is 14.7 Å². The molecule has 1 amide bonds. The van der Waals surface area contributed by atoms with Crippen molar-refractivity contribution in [2.45, 2.75) is 25.3 Å². The number of amides is 1. The van der Waals surface area contributed by atoms with Crippen LogP contribution in [-0.4, -0.2) is 41.5 Å². The van der Waals surface area contributed by atoms with Crippen LogP contribution in [0.2, 0.25) is 0 Å². The number of rotatable bonds is 6. The van der Waals surface area contributed by atoms with Gasteiger partial charge in [-0.2, -0.15) is 0 Å². The van der Waals surface area contributed by atoms with Crippen molar-refractivity contribution in [2.24, 2.45) is 0 Å². The zero-order chi connectivity index (χ0) is 17.6. The molecule has 1 aromatic heterocycles. The summed E-state index contributed by atoms with van der Waals surface area (Å²) in [6, 6.07) is 11.1. The van der Waals surface area contributed by atoms with Gasteiger partial charge in [-0.3, -0.25) is 9.69 Å². The molecule has 25 heavy (non-hydrogen) atoms.